The number of methoxy groups -OCH3 is 1. The molecule has 0 unspecified atom stereocenters. The molecule has 0 amide bonds. The van der Waals surface area contributed by atoms with E-state index in [9.17, 15) is 25.8 Å². The highest BCUT2D eigenvalue weighted by atomic mass is 16.5. The zero-order valence-electron chi connectivity index (χ0n) is 20.5. The molecule has 6 heteroatoms. The van der Waals surface area contributed by atoms with Crippen molar-refractivity contribution >= 4 is 11.5 Å². The number of hydrogen-bond acceptors (Lipinski definition) is 6. The molecule has 37 heavy (non-hydrogen) atoms. The van der Waals surface area contributed by atoms with E-state index in [0.717, 1.165) is 5.56 Å². The number of rotatable bonds is 4. The maximum Gasteiger partial charge on any atom is 0.338 e. The van der Waals surface area contributed by atoms with Crippen molar-refractivity contribution in [3.05, 3.63) is 99.6 Å². The minimum Gasteiger partial charge on any atom is -0.465 e. The van der Waals surface area contributed by atoms with Gasteiger partial charge in [0, 0.05) is 11.1 Å². The quantitative estimate of drug-likeness (QED) is 0.198. The van der Waals surface area contributed by atoms with Crippen LogP contribution in [-0.4, -0.2) is 13.1 Å². The fraction of sp³-hybridized carbons (Fsp3) is 0.129. The second-order valence-electron chi connectivity index (χ2n) is 8.18. The highest BCUT2D eigenvalue weighted by Crippen LogP contribution is 2.41. The molecule has 0 spiro atoms. The Morgan fingerprint density at radius 3 is 2.00 bits per heavy atom. The number of nitriles is 4. The van der Waals surface area contributed by atoms with Crippen LogP contribution in [0, 0.1) is 57.2 Å². The van der Waals surface area contributed by atoms with Gasteiger partial charge in [-0.05, 0) is 46.4 Å². The number of allylic oxidation sites excluding steroid dienone is 4. The molecule has 176 valence electrons. The zero-order valence-corrected chi connectivity index (χ0v) is 20.5. The summed E-state index contributed by atoms with van der Waals surface area (Å²) in [6.07, 6.45) is 0. The van der Waals surface area contributed by atoms with Crippen molar-refractivity contribution in [1.82, 2.24) is 0 Å². The molecule has 1 aromatic rings. The van der Waals surface area contributed by atoms with Crippen molar-refractivity contribution < 1.29 is 9.53 Å². The van der Waals surface area contributed by atoms with Gasteiger partial charge in [0.05, 0.1) is 18.2 Å². The predicted octanol–water partition coefficient (Wildman–Crippen LogP) is 5.90. The molecule has 0 saturated heterocycles. The summed E-state index contributed by atoms with van der Waals surface area (Å²) in [6.45, 7) is 4.04. The van der Waals surface area contributed by atoms with E-state index in [4.69, 9.17) is 4.74 Å². The van der Waals surface area contributed by atoms with Crippen molar-refractivity contribution in [1.29, 1.82) is 21.0 Å². The van der Waals surface area contributed by atoms with E-state index in [1.54, 1.807) is 30.3 Å². The minimum absolute atomic E-state index is 0.00369. The van der Waals surface area contributed by atoms with Crippen molar-refractivity contribution in [2.24, 2.45) is 0 Å². The van der Waals surface area contributed by atoms with Gasteiger partial charge in [-0.2, -0.15) is 21.0 Å². The van der Waals surface area contributed by atoms with Crippen molar-refractivity contribution in [2.45, 2.75) is 19.8 Å². The molecule has 2 aliphatic carbocycles. The summed E-state index contributed by atoms with van der Waals surface area (Å²) in [6, 6.07) is 25.2. The Labute approximate surface area is 215 Å². The third-order valence-electron chi connectivity index (χ3n) is 5.67. The molecule has 0 heterocycles. The first kappa shape index (κ1) is 26.0. The van der Waals surface area contributed by atoms with Crippen LogP contribution in [0.5, 0.6) is 0 Å². The lowest BCUT2D eigenvalue weighted by Crippen LogP contribution is -2.00. The fourth-order valence-electron chi connectivity index (χ4n) is 3.81. The molecule has 0 aromatic heterocycles. The first-order valence-electron chi connectivity index (χ1n) is 11.2. The summed E-state index contributed by atoms with van der Waals surface area (Å²) in [4.78, 5) is 12.8. The number of esters is 1. The second-order valence-corrected chi connectivity index (χ2v) is 8.18. The van der Waals surface area contributed by atoms with Gasteiger partial charge < -0.3 is 4.74 Å². The number of hydrogen-bond donors (Lipinski definition) is 0. The first-order valence-corrected chi connectivity index (χ1v) is 11.2. The highest BCUT2D eigenvalue weighted by Gasteiger charge is 2.27. The largest absolute Gasteiger partial charge is 0.465 e. The van der Waals surface area contributed by atoms with Gasteiger partial charge in [0.15, 0.2) is 0 Å². The predicted molar refractivity (Wildman–Crippen MR) is 138 cm³/mol. The lowest BCUT2D eigenvalue weighted by Gasteiger charge is -2.09. The lowest BCUT2D eigenvalue weighted by molar-refractivity contribution is 0.0602. The molecule has 0 saturated carbocycles. The van der Waals surface area contributed by atoms with Gasteiger partial charge >= 0.3 is 5.97 Å². The Hall–Kier alpha value is -5.61. The molecule has 0 radical (unpaired) electrons. The van der Waals surface area contributed by atoms with Crippen LogP contribution in [-0.2, 0) is 4.74 Å². The molecule has 1 aromatic carbocycles. The van der Waals surface area contributed by atoms with Crippen LogP contribution in [0.3, 0.4) is 0 Å². The van der Waals surface area contributed by atoms with Crippen LogP contribution >= 0.6 is 0 Å². The molecule has 3 rings (SSSR count). The number of carbonyl (C=O) groups is 1. The summed E-state index contributed by atoms with van der Waals surface area (Å²) in [5, 5.41) is 39.2. The van der Waals surface area contributed by atoms with E-state index >= 15 is 0 Å². The molecule has 0 aliphatic heterocycles. The van der Waals surface area contributed by atoms with Gasteiger partial charge in [0.2, 0.25) is 0 Å². The van der Waals surface area contributed by atoms with Crippen LogP contribution in [0.4, 0.5) is 0 Å². The highest BCUT2D eigenvalue weighted by molar-refractivity contribution is 6.06. The van der Waals surface area contributed by atoms with Crippen LogP contribution in [0.1, 0.15) is 46.8 Å². The molecule has 0 bridgehead atoms. The summed E-state index contributed by atoms with van der Waals surface area (Å²) in [5.74, 6) is 5.31. The van der Waals surface area contributed by atoms with Gasteiger partial charge in [0.25, 0.3) is 0 Å². The Morgan fingerprint density at radius 2 is 1.43 bits per heavy atom. The number of ether oxygens (including phenoxy) is 1. The number of nitrogens with zero attached hydrogens (tertiary/aromatic N) is 4. The molecule has 0 fully saturated rings. The summed E-state index contributed by atoms with van der Waals surface area (Å²) >= 11 is 0. The van der Waals surface area contributed by atoms with Gasteiger partial charge in [-0.15, -0.1) is 0 Å². The zero-order chi connectivity index (χ0) is 26.9. The summed E-state index contributed by atoms with van der Waals surface area (Å²) < 4.78 is 5.01. The lowest BCUT2D eigenvalue weighted by atomic mass is 9.89. The van der Waals surface area contributed by atoms with E-state index in [1.165, 1.54) is 13.2 Å². The molecule has 0 N–H and O–H groups in total. The smallest absolute Gasteiger partial charge is 0.338 e. The van der Waals surface area contributed by atoms with Gasteiger partial charge in [-0.1, -0.05) is 68.2 Å². The third kappa shape index (κ3) is 5.39. The topological polar surface area (TPSA) is 121 Å². The first-order chi connectivity index (χ1) is 17.9. The molecule has 2 aliphatic rings. The van der Waals surface area contributed by atoms with Crippen LogP contribution in [0.15, 0.2) is 77.4 Å². The Bertz CT molecular complexity index is 1610. The Kier molecular flexibility index (Phi) is 8.21. The summed E-state index contributed by atoms with van der Waals surface area (Å²) in [7, 11) is 1.26. The SMILES string of the molecule is COC(=O)c1cc(C(=C(C#N)C#N)C(C#Cc2ccccc2)=C(C#N)C#N)c2cccc(C(C)C)cc1-2. The van der Waals surface area contributed by atoms with E-state index in [2.05, 4.69) is 11.8 Å². The molecular weight excluding hydrogens is 460 g/mol. The average molecular weight is 481 g/mol. The van der Waals surface area contributed by atoms with Crippen molar-refractivity contribution in [3.8, 4) is 47.2 Å². The Balaban J connectivity index is 2.48. The minimum atomic E-state index is -0.603. The van der Waals surface area contributed by atoms with E-state index in [0.29, 0.717) is 22.3 Å². The van der Waals surface area contributed by atoms with Crippen LogP contribution in [0.25, 0.3) is 16.7 Å². The van der Waals surface area contributed by atoms with Crippen molar-refractivity contribution in [2.75, 3.05) is 7.11 Å². The van der Waals surface area contributed by atoms with E-state index in [1.807, 2.05) is 62.4 Å². The molecule has 0 atom stereocenters. The van der Waals surface area contributed by atoms with Crippen LogP contribution < -0.4 is 0 Å². The normalized spacial score (nSPS) is 9.51. The Morgan fingerprint density at radius 1 is 0.784 bits per heavy atom. The summed E-state index contributed by atoms with van der Waals surface area (Å²) in [5.41, 5.74) is 2.42. The van der Waals surface area contributed by atoms with Crippen molar-refractivity contribution in [3.63, 3.8) is 0 Å². The van der Waals surface area contributed by atoms with E-state index in [-0.39, 0.29) is 33.8 Å². The number of benzene rings is 1. The monoisotopic (exact) mass is 480 g/mol. The van der Waals surface area contributed by atoms with Gasteiger partial charge in [-0.3, -0.25) is 0 Å². The molecule has 6 nitrogen and oxygen atoms in total. The third-order valence-corrected chi connectivity index (χ3v) is 5.67. The maximum absolute atomic E-state index is 12.8. The standard InChI is InChI=1S/C31H20N4O2/c1-20(2)22-10-7-11-26-27(14-22)29(31(36)37-3)15-28(26)30(24(18-34)19-35)25(23(16-32)17-33)13-12-21-8-5-4-6-9-21/h4-11,14-15,20H,1-3H3. The van der Waals surface area contributed by atoms with E-state index < -0.39 is 5.97 Å². The maximum atomic E-state index is 12.8. The second kappa shape index (κ2) is 11.7. The van der Waals surface area contributed by atoms with Gasteiger partial charge in [0.1, 0.15) is 35.4 Å². The fourth-order valence-corrected chi connectivity index (χ4v) is 3.81. The number of carbonyl (C=O) groups excluding carboxylic acids is 1. The number of fused-ring (bicyclic) bond motifs is 1. The van der Waals surface area contributed by atoms with Crippen LogP contribution in [0.2, 0.25) is 0 Å². The molecular formula is C31H20N4O2. The average Bonchev–Trinajstić information content (AvgIpc) is 3.11. The van der Waals surface area contributed by atoms with Gasteiger partial charge in [-0.25, -0.2) is 4.79 Å².